The van der Waals surface area contributed by atoms with Gasteiger partial charge in [0.15, 0.2) is 5.82 Å². The number of piperidine rings is 1. The Bertz CT molecular complexity index is 602. The Hall–Kier alpha value is -1.92. The molecule has 0 spiro atoms. The van der Waals surface area contributed by atoms with Gasteiger partial charge in [-0.3, -0.25) is 4.90 Å². The molecular formula is C17H23N3O3. The molecule has 0 amide bonds. The zero-order valence-electron chi connectivity index (χ0n) is 13.4. The maximum atomic E-state index is 10.2. The lowest BCUT2D eigenvalue weighted by atomic mass is 9.98. The Morgan fingerprint density at radius 3 is 2.96 bits per heavy atom. The van der Waals surface area contributed by atoms with E-state index in [2.05, 4.69) is 15.0 Å². The normalized spacial score (nSPS) is 20.3. The highest BCUT2D eigenvalue weighted by Crippen LogP contribution is 2.25. The van der Waals surface area contributed by atoms with Crippen molar-refractivity contribution in [2.75, 3.05) is 26.2 Å². The number of nitrogens with zero attached hydrogens (tertiary/aromatic N) is 3. The van der Waals surface area contributed by atoms with Gasteiger partial charge in [-0.1, -0.05) is 23.4 Å². The van der Waals surface area contributed by atoms with Crippen LogP contribution in [-0.4, -0.2) is 52.5 Å². The van der Waals surface area contributed by atoms with Crippen LogP contribution in [0.2, 0.25) is 0 Å². The predicted octanol–water partition coefficient (Wildman–Crippen LogP) is 2.00. The summed E-state index contributed by atoms with van der Waals surface area (Å²) in [7, 11) is 0. The monoisotopic (exact) mass is 317 g/mol. The Labute approximate surface area is 136 Å². The Kier molecular flexibility index (Phi) is 5.25. The molecule has 124 valence electrons. The number of rotatable bonds is 6. The van der Waals surface area contributed by atoms with Crippen LogP contribution in [0.4, 0.5) is 0 Å². The van der Waals surface area contributed by atoms with Crippen LogP contribution in [-0.2, 0) is 0 Å². The summed E-state index contributed by atoms with van der Waals surface area (Å²) in [5.74, 6) is 2.42. The molecule has 1 saturated heterocycles. The summed E-state index contributed by atoms with van der Waals surface area (Å²) in [6, 6.07) is 9.56. The van der Waals surface area contributed by atoms with Crippen molar-refractivity contribution in [2.45, 2.75) is 31.8 Å². The van der Waals surface area contributed by atoms with Crippen LogP contribution in [0.3, 0.4) is 0 Å². The maximum Gasteiger partial charge on any atom is 0.231 e. The molecule has 6 nitrogen and oxygen atoms in total. The molecule has 1 aliphatic rings. The van der Waals surface area contributed by atoms with Gasteiger partial charge in [0.2, 0.25) is 5.89 Å². The van der Waals surface area contributed by atoms with Crippen molar-refractivity contribution in [1.29, 1.82) is 0 Å². The first-order valence-corrected chi connectivity index (χ1v) is 8.09. The summed E-state index contributed by atoms with van der Waals surface area (Å²) in [4.78, 5) is 6.58. The highest BCUT2D eigenvalue weighted by Gasteiger charge is 2.26. The first-order valence-electron chi connectivity index (χ1n) is 8.09. The fourth-order valence-electron chi connectivity index (χ4n) is 2.96. The molecule has 1 N–H and O–H groups in total. The largest absolute Gasteiger partial charge is 0.491 e. The third-order valence-electron chi connectivity index (χ3n) is 4.05. The number of hydrogen-bond donors (Lipinski definition) is 1. The van der Waals surface area contributed by atoms with Crippen molar-refractivity contribution in [2.24, 2.45) is 0 Å². The second-order valence-electron chi connectivity index (χ2n) is 6.06. The molecule has 1 fully saturated rings. The summed E-state index contributed by atoms with van der Waals surface area (Å²) in [5, 5.41) is 14.1. The van der Waals surface area contributed by atoms with E-state index in [9.17, 15) is 5.11 Å². The number of para-hydroxylation sites is 1. The van der Waals surface area contributed by atoms with Crippen LogP contribution in [0.5, 0.6) is 5.75 Å². The zero-order chi connectivity index (χ0) is 16.1. The van der Waals surface area contributed by atoms with E-state index in [-0.39, 0.29) is 5.92 Å². The minimum atomic E-state index is -0.515. The highest BCUT2D eigenvalue weighted by molar-refractivity contribution is 5.20. The molecule has 2 atom stereocenters. The molecule has 6 heteroatoms. The Balaban J connectivity index is 1.47. The van der Waals surface area contributed by atoms with Crippen LogP contribution >= 0.6 is 0 Å². The van der Waals surface area contributed by atoms with Crippen molar-refractivity contribution < 1.29 is 14.4 Å². The fraction of sp³-hybridized carbons (Fsp3) is 0.529. The topological polar surface area (TPSA) is 71.6 Å². The number of aliphatic hydroxyl groups excluding tert-OH is 1. The van der Waals surface area contributed by atoms with Gasteiger partial charge >= 0.3 is 0 Å². The SMILES string of the molecule is Cc1noc(C2CCCN(CC(O)COc3ccccc3)C2)n1. The van der Waals surface area contributed by atoms with Crippen LogP contribution in [0.15, 0.2) is 34.9 Å². The molecule has 2 heterocycles. The third kappa shape index (κ3) is 4.53. The fourth-order valence-corrected chi connectivity index (χ4v) is 2.96. The van der Waals surface area contributed by atoms with Gasteiger partial charge in [-0.05, 0) is 38.4 Å². The van der Waals surface area contributed by atoms with E-state index in [4.69, 9.17) is 9.26 Å². The minimum absolute atomic E-state index is 0.257. The van der Waals surface area contributed by atoms with Gasteiger partial charge in [0.1, 0.15) is 18.5 Å². The Morgan fingerprint density at radius 1 is 1.39 bits per heavy atom. The number of hydrogen-bond acceptors (Lipinski definition) is 6. The molecule has 0 radical (unpaired) electrons. The Morgan fingerprint density at radius 2 is 2.22 bits per heavy atom. The van der Waals surface area contributed by atoms with E-state index >= 15 is 0 Å². The lowest BCUT2D eigenvalue weighted by Gasteiger charge is -2.32. The minimum Gasteiger partial charge on any atom is -0.491 e. The number of aromatic nitrogens is 2. The summed E-state index contributed by atoms with van der Waals surface area (Å²) >= 11 is 0. The van der Waals surface area contributed by atoms with Crippen LogP contribution in [0.1, 0.15) is 30.5 Å². The smallest absolute Gasteiger partial charge is 0.231 e. The zero-order valence-corrected chi connectivity index (χ0v) is 13.4. The summed E-state index contributed by atoms with van der Waals surface area (Å²) in [5.41, 5.74) is 0. The number of aliphatic hydroxyl groups is 1. The first-order chi connectivity index (χ1) is 11.2. The van der Waals surface area contributed by atoms with Crippen molar-refractivity contribution in [3.63, 3.8) is 0 Å². The predicted molar refractivity (Wildman–Crippen MR) is 85.4 cm³/mol. The van der Waals surface area contributed by atoms with Crippen LogP contribution in [0.25, 0.3) is 0 Å². The van der Waals surface area contributed by atoms with E-state index < -0.39 is 6.10 Å². The van der Waals surface area contributed by atoms with E-state index in [1.165, 1.54) is 0 Å². The second-order valence-corrected chi connectivity index (χ2v) is 6.06. The summed E-state index contributed by atoms with van der Waals surface area (Å²) < 4.78 is 10.9. The number of likely N-dealkylation sites (tertiary alicyclic amines) is 1. The average molecular weight is 317 g/mol. The van der Waals surface area contributed by atoms with Crippen molar-refractivity contribution >= 4 is 0 Å². The molecule has 2 unspecified atom stereocenters. The van der Waals surface area contributed by atoms with Crippen LogP contribution < -0.4 is 4.74 Å². The van der Waals surface area contributed by atoms with Crippen molar-refractivity contribution in [1.82, 2.24) is 15.0 Å². The summed E-state index contributed by atoms with van der Waals surface area (Å²) in [6.45, 7) is 4.54. The van der Waals surface area contributed by atoms with Gasteiger partial charge in [0.25, 0.3) is 0 Å². The highest BCUT2D eigenvalue weighted by atomic mass is 16.5. The second kappa shape index (κ2) is 7.57. The molecular weight excluding hydrogens is 294 g/mol. The maximum absolute atomic E-state index is 10.2. The number of ether oxygens (including phenoxy) is 1. The van der Waals surface area contributed by atoms with Gasteiger partial charge in [-0.15, -0.1) is 0 Å². The molecule has 2 aromatic rings. The lowest BCUT2D eigenvalue weighted by Crippen LogP contribution is -2.41. The molecule has 3 rings (SSSR count). The quantitative estimate of drug-likeness (QED) is 0.878. The van der Waals surface area contributed by atoms with Gasteiger partial charge in [0, 0.05) is 13.1 Å². The molecule has 1 aromatic heterocycles. The molecule has 0 aliphatic carbocycles. The summed E-state index contributed by atoms with van der Waals surface area (Å²) in [6.07, 6.45) is 1.60. The van der Waals surface area contributed by atoms with Crippen molar-refractivity contribution in [3.05, 3.63) is 42.0 Å². The molecule has 0 bridgehead atoms. The number of β-amino-alcohol motifs (C(OH)–C–C–N with tert-alkyl or cyclic N) is 1. The number of aryl methyl sites for hydroxylation is 1. The van der Waals surface area contributed by atoms with E-state index in [0.717, 1.165) is 31.7 Å². The molecule has 0 saturated carbocycles. The molecule has 1 aromatic carbocycles. The van der Waals surface area contributed by atoms with E-state index in [1.807, 2.05) is 37.3 Å². The standard InChI is InChI=1S/C17H23N3O3/c1-13-18-17(23-19-13)14-6-5-9-20(10-14)11-15(21)12-22-16-7-3-2-4-8-16/h2-4,7-8,14-15,21H,5-6,9-12H2,1H3. The van der Waals surface area contributed by atoms with Crippen LogP contribution in [0, 0.1) is 6.92 Å². The van der Waals surface area contributed by atoms with E-state index in [0.29, 0.717) is 24.9 Å². The number of benzene rings is 1. The van der Waals surface area contributed by atoms with E-state index in [1.54, 1.807) is 0 Å². The van der Waals surface area contributed by atoms with Gasteiger partial charge in [-0.25, -0.2) is 0 Å². The van der Waals surface area contributed by atoms with Gasteiger partial charge < -0.3 is 14.4 Å². The third-order valence-corrected chi connectivity index (χ3v) is 4.05. The van der Waals surface area contributed by atoms with Crippen molar-refractivity contribution in [3.8, 4) is 5.75 Å². The lowest BCUT2D eigenvalue weighted by molar-refractivity contribution is 0.0561. The molecule has 23 heavy (non-hydrogen) atoms. The van der Waals surface area contributed by atoms with Gasteiger partial charge in [0.05, 0.1) is 5.92 Å². The average Bonchev–Trinajstić information content (AvgIpc) is 3.01. The van der Waals surface area contributed by atoms with Gasteiger partial charge in [-0.2, -0.15) is 4.98 Å². The molecule has 1 aliphatic heterocycles. The first kappa shape index (κ1) is 16.0.